The van der Waals surface area contributed by atoms with Crippen LogP contribution < -0.4 is 14.5 Å². The van der Waals surface area contributed by atoms with Gasteiger partial charge in [0.15, 0.2) is 0 Å². The third-order valence-corrected chi connectivity index (χ3v) is 5.78. The molecule has 0 aliphatic rings. The summed E-state index contributed by atoms with van der Waals surface area (Å²) in [7, 11) is 2.17. The van der Waals surface area contributed by atoms with Crippen LogP contribution in [0.25, 0.3) is 0 Å². The van der Waals surface area contributed by atoms with Gasteiger partial charge in [0.05, 0.1) is 16.0 Å². The largest absolute Gasteiger partial charge is 0.416 e. The number of benzene rings is 2. The molecule has 0 saturated heterocycles. The molecule has 1 N–H and O–H groups in total. The van der Waals surface area contributed by atoms with Crippen LogP contribution in [-0.4, -0.2) is 36.6 Å². The van der Waals surface area contributed by atoms with Crippen molar-refractivity contribution < 1.29 is 34.8 Å². The van der Waals surface area contributed by atoms with Crippen LogP contribution in [0.15, 0.2) is 41.3 Å². The van der Waals surface area contributed by atoms with E-state index in [1.165, 1.54) is 0 Å². The molecule has 172 valence electrons. The molecule has 2 aromatic carbocycles. The first-order valence-electron chi connectivity index (χ1n) is 8.79. The highest BCUT2D eigenvalue weighted by molar-refractivity contribution is 7.89. The van der Waals surface area contributed by atoms with Gasteiger partial charge in [0.25, 0.3) is 0 Å². The molecule has 0 aromatic heterocycles. The van der Waals surface area contributed by atoms with Gasteiger partial charge in [-0.2, -0.15) is 26.3 Å². The lowest BCUT2D eigenvalue weighted by atomic mass is 10.1. The molecular weight excluding hydrogens is 448 g/mol. The summed E-state index contributed by atoms with van der Waals surface area (Å²) in [4.78, 5) is 2.30. The minimum atomic E-state index is -5.15. The van der Waals surface area contributed by atoms with Gasteiger partial charge in [0, 0.05) is 51.7 Å². The summed E-state index contributed by atoms with van der Waals surface area (Å²) in [5.41, 5.74) is -1.64. The number of rotatable bonds is 6. The van der Waals surface area contributed by atoms with Crippen LogP contribution >= 0.6 is 0 Å². The Morgan fingerprint density at radius 2 is 1.23 bits per heavy atom. The van der Waals surface area contributed by atoms with Gasteiger partial charge in [-0.05, 0) is 30.3 Å². The minimum absolute atomic E-state index is 0.121. The van der Waals surface area contributed by atoms with E-state index < -0.39 is 38.4 Å². The Morgan fingerprint density at radius 3 is 1.58 bits per heavy atom. The molecular formula is C19H21F6N3O2S. The predicted octanol–water partition coefficient (Wildman–Crippen LogP) is 4.33. The average molecular weight is 469 g/mol. The number of hydrogen-bond acceptors (Lipinski definition) is 4. The van der Waals surface area contributed by atoms with Gasteiger partial charge in [-0.15, -0.1) is 0 Å². The molecule has 0 heterocycles. The highest BCUT2D eigenvalue weighted by Crippen LogP contribution is 2.37. The van der Waals surface area contributed by atoms with Gasteiger partial charge >= 0.3 is 12.4 Å². The van der Waals surface area contributed by atoms with Crippen LogP contribution in [0.3, 0.4) is 0 Å². The predicted molar refractivity (Wildman–Crippen MR) is 106 cm³/mol. The van der Waals surface area contributed by atoms with E-state index in [2.05, 4.69) is 4.72 Å². The Hall–Kier alpha value is -2.47. The van der Waals surface area contributed by atoms with Gasteiger partial charge in [0.1, 0.15) is 0 Å². The fourth-order valence-electron chi connectivity index (χ4n) is 2.91. The lowest BCUT2D eigenvalue weighted by molar-refractivity contribution is -0.143. The standard InChI is InChI=1S/C19H21F6N3O2S/c1-27(2)16-6-5-7-17(28(3)4)15(16)11-26-31(29,30)14-9-12(18(20,21)22)8-13(10-14)19(23,24)25/h5-10,26H,11H2,1-4H3. The molecule has 2 rings (SSSR count). The van der Waals surface area contributed by atoms with E-state index in [0.717, 1.165) is 0 Å². The van der Waals surface area contributed by atoms with Crippen LogP contribution in [0.5, 0.6) is 0 Å². The molecule has 12 heteroatoms. The van der Waals surface area contributed by atoms with Crippen molar-refractivity contribution in [2.45, 2.75) is 23.8 Å². The Labute approximate surface area is 176 Å². The summed E-state index contributed by atoms with van der Waals surface area (Å²) in [6, 6.07) is 5.41. The van der Waals surface area contributed by atoms with E-state index >= 15 is 0 Å². The normalized spacial score (nSPS) is 12.7. The van der Waals surface area contributed by atoms with E-state index in [9.17, 15) is 34.8 Å². The molecule has 0 saturated carbocycles. The van der Waals surface area contributed by atoms with E-state index in [1.807, 2.05) is 0 Å². The quantitative estimate of drug-likeness (QED) is 0.640. The second-order valence-electron chi connectivity index (χ2n) is 7.13. The zero-order chi connectivity index (χ0) is 23.8. The summed E-state index contributed by atoms with van der Waals surface area (Å²) in [6.07, 6.45) is -10.3. The molecule has 0 fully saturated rings. The van der Waals surface area contributed by atoms with Crippen LogP contribution in [0, 0.1) is 0 Å². The second-order valence-corrected chi connectivity index (χ2v) is 8.90. The maximum atomic E-state index is 13.1. The number of nitrogens with zero attached hydrogens (tertiary/aromatic N) is 2. The van der Waals surface area contributed by atoms with Crippen molar-refractivity contribution in [1.29, 1.82) is 0 Å². The lowest BCUT2D eigenvalue weighted by Gasteiger charge is -2.24. The molecule has 0 bridgehead atoms. The van der Waals surface area contributed by atoms with Crippen LogP contribution in [-0.2, 0) is 28.9 Å². The highest BCUT2D eigenvalue weighted by atomic mass is 32.2. The van der Waals surface area contributed by atoms with Crippen molar-refractivity contribution >= 4 is 21.4 Å². The highest BCUT2D eigenvalue weighted by Gasteiger charge is 2.38. The molecule has 5 nitrogen and oxygen atoms in total. The first kappa shape index (κ1) is 24.8. The first-order chi connectivity index (χ1) is 14.0. The van der Waals surface area contributed by atoms with E-state index in [-0.39, 0.29) is 24.7 Å². The third kappa shape index (κ3) is 5.82. The van der Waals surface area contributed by atoms with E-state index in [1.54, 1.807) is 56.2 Å². The van der Waals surface area contributed by atoms with Crippen LogP contribution in [0.2, 0.25) is 0 Å². The molecule has 2 aromatic rings. The van der Waals surface area contributed by atoms with Crippen molar-refractivity contribution in [2.75, 3.05) is 38.0 Å². The van der Waals surface area contributed by atoms with Crippen LogP contribution in [0.4, 0.5) is 37.7 Å². The number of anilines is 2. The second kappa shape index (κ2) is 8.58. The van der Waals surface area contributed by atoms with E-state index in [0.29, 0.717) is 16.9 Å². The van der Waals surface area contributed by atoms with Gasteiger partial charge < -0.3 is 9.80 Å². The molecule has 0 amide bonds. The Kier molecular flexibility index (Phi) is 6.86. The van der Waals surface area contributed by atoms with Crippen molar-refractivity contribution in [3.8, 4) is 0 Å². The molecule has 0 radical (unpaired) electrons. The molecule has 0 aliphatic heterocycles. The Morgan fingerprint density at radius 1 is 0.806 bits per heavy atom. The average Bonchev–Trinajstić information content (AvgIpc) is 2.64. The number of hydrogen-bond donors (Lipinski definition) is 1. The third-order valence-electron chi connectivity index (χ3n) is 4.40. The molecule has 0 atom stereocenters. The summed E-state index contributed by atoms with van der Waals surface area (Å²) < 4.78 is 106. The van der Waals surface area contributed by atoms with Gasteiger partial charge in [0.2, 0.25) is 10.0 Å². The monoisotopic (exact) mass is 469 g/mol. The SMILES string of the molecule is CN(C)c1cccc(N(C)C)c1CNS(=O)(=O)c1cc(C(F)(F)F)cc(C(F)(F)F)c1. The summed E-state index contributed by atoms with van der Waals surface area (Å²) >= 11 is 0. The van der Waals surface area contributed by atoms with Gasteiger partial charge in [-0.3, -0.25) is 0 Å². The smallest absolute Gasteiger partial charge is 0.377 e. The topological polar surface area (TPSA) is 52.6 Å². The Balaban J connectivity index is 2.52. The number of sulfonamides is 1. The van der Waals surface area contributed by atoms with Crippen molar-refractivity contribution in [1.82, 2.24) is 4.72 Å². The number of alkyl halides is 6. The maximum absolute atomic E-state index is 13.1. The zero-order valence-corrected chi connectivity index (χ0v) is 17.9. The molecule has 0 spiro atoms. The van der Waals surface area contributed by atoms with Crippen molar-refractivity contribution in [3.63, 3.8) is 0 Å². The van der Waals surface area contributed by atoms with Crippen molar-refractivity contribution in [2.24, 2.45) is 0 Å². The first-order valence-corrected chi connectivity index (χ1v) is 10.3. The molecule has 31 heavy (non-hydrogen) atoms. The molecule has 0 unspecified atom stereocenters. The zero-order valence-electron chi connectivity index (χ0n) is 17.1. The number of halogens is 6. The molecule has 0 aliphatic carbocycles. The summed E-state index contributed by atoms with van der Waals surface area (Å²) in [5, 5.41) is 0. The van der Waals surface area contributed by atoms with Crippen LogP contribution in [0.1, 0.15) is 16.7 Å². The van der Waals surface area contributed by atoms with Crippen molar-refractivity contribution in [3.05, 3.63) is 53.1 Å². The van der Waals surface area contributed by atoms with E-state index in [4.69, 9.17) is 0 Å². The summed E-state index contributed by atoms with van der Waals surface area (Å²) in [6.45, 7) is -0.345. The maximum Gasteiger partial charge on any atom is 0.416 e. The lowest BCUT2D eigenvalue weighted by Crippen LogP contribution is -2.27. The number of nitrogens with one attached hydrogen (secondary N) is 1. The Bertz CT molecular complexity index is 989. The minimum Gasteiger partial charge on any atom is -0.377 e. The summed E-state index contributed by atoms with van der Waals surface area (Å²) in [5.74, 6) is 0. The fourth-order valence-corrected chi connectivity index (χ4v) is 3.98. The van der Waals surface area contributed by atoms with Gasteiger partial charge in [-0.1, -0.05) is 6.07 Å². The van der Waals surface area contributed by atoms with Gasteiger partial charge in [-0.25, -0.2) is 13.1 Å². The fraction of sp³-hybridized carbons (Fsp3) is 0.368.